The number of carbonyl (C=O) groups is 1. The van der Waals surface area contributed by atoms with Crippen molar-refractivity contribution in [1.82, 2.24) is 5.32 Å². The van der Waals surface area contributed by atoms with E-state index in [1.807, 2.05) is 28.1 Å². The fourth-order valence-corrected chi connectivity index (χ4v) is 7.53. The van der Waals surface area contributed by atoms with Crippen LogP contribution < -0.4 is 5.32 Å². The molecular formula is C43H90N2O6P+. The van der Waals surface area contributed by atoms with Gasteiger partial charge in [-0.05, 0) is 12.8 Å². The first-order valence-corrected chi connectivity index (χ1v) is 23.9. The summed E-state index contributed by atoms with van der Waals surface area (Å²) in [6, 6.07) is -0.750. The van der Waals surface area contributed by atoms with Gasteiger partial charge < -0.3 is 19.8 Å². The standard InChI is InChI=1S/C43H89N2O6P/c1-6-8-9-10-11-12-13-14-15-16-17-18-19-20-21-22-23-24-25-26-27-28-29-30-31-32-33-34-35-37-42(46)41(44-43(47)36-7-2)40-51-52(48,49)50-39-38-45(3,4)5/h41-42,46H,6-40H2,1-5H3,(H-,44,47,48,49)/p+1. The fraction of sp³-hybridized carbons (Fsp3) is 0.977. The SMILES string of the molecule is CCCCCCCCCCCCCCCCCCCCCCCCCCCCCCCC(O)C(COP(=O)(O)OCC[N+](C)(C)C)NC(=O)CCC. The van der Waals surface area contributed by atoms with Gasteiger partial charge in [-0.1, -0.05) is 200 Å². The van der Waals surface area contributed by atoms with Gasteiger partial charge in [0.15, 0.2) is 0 Å². The van der Waals surface area contributed by atoms with E-state index in [9.17, 15) is 19.4 Å². The number of aliphatic hydroxyl groups is 1. The summed E-state index contributed by atoms with van der Waals surface area (Å²) in [4.78, 5) is 22.3. The molecule has 3 N–H and O–H groups in total. The summed E-state index contributed by atoms with van der Waals surface area (Å²) in [5, 5.41) is 13.6. The van der Waals surface area contributed by atoms with Crippen LogP contribution in [-0.2, 0) is 18.4 Å². The first kappa shape index (κ1) is 51.5. The topological polar surface area (TPSA) is 105 Å². The van der Waals surface area contributed by atoms with Crippen molar-refractivity contribution in [2.45, 2.75) is 231 Å². The summed E-state index contributed by atoms with van der Waals surface area (Å²) in [7, 11) is 1.62. The number of hydrogen-bond acceptors (Lipinski definition) is 5. The highest BCUT2D eigenvalue weighted by molar-refractivity contribution is 7.47. The largest absolute Gasteiger partial charge is 0.472 e. The predicted octanol–water partition coefficient (Wildman–Crippen LogP) is 12.2. The average Bonchev–Trinajstić information content (AvgIpc) is 3.08. The van der Waals surface area contributed by atoms with E-state index in [2.05, 4.69) is 12.2 Å². The summed E-state index contributed by atoms with van der Waals surface area (Å²) < 4.78 is 23.2. The summed E-state index contributed by atoms with van der Waals surface area (Å²) in [5.41, 5.74) is 0. The molecule has 0 aliphatic carbocycles. The van der Waals surface area contributed by atoms with Crippen LogP contribution >= 0.6 is 7.82 Å². The van der Waals surface area contributed by atoms with Crippen LogP contribution in [0.25, 0.3) is 0 Å². The second kappa shape index (κ2) is 36.2. The Morgan fingerprint density at radius 1 is 0.577 bits per heavy atom. The van der Waals surface area contributed by atoms with Gasteiger partial charge >= 0.3 is 7.82 Å². The molecule has 0 aliphatic heterocycles. The third-order valence-electron chi connectivity index (χ3n) is 10.3. The molecule has 0 aromatic carbocycles. The zero-order valence-corrected chi connectivity index (χ0v) is 36.2. The Kier molecular flexibility index (Phi) is 35.8. The van der Waals surface area contributed by atoms with Crippen LogP contribution in [-0.4, -0.2) is 73.4 Å². The van der Waals surface area contributed by atoms with Crippen LogP contribution in [0.15, 0.2) is 0 Å². The highest BCUT2D eigenvalue weighted by Crippen LogP contribution is 2.43. The van der Waals surface area contributed by atoms with Gasteiger partial charge in [-0.25, -0.2) is 4.57 Å². The van der Waals surface area contributed by atoms with Crippen LogP contribution in [0.3, 0.4) is 0 Å². The van der Waals surface area contributed by atoms with Gasteiger partial charge in [0, 0.05) is 6.42 Å². The molecule has 0 heterocycles. The molecule has 0 bridgehead atoms. The summed E-state index contributed by atoms with van der Waals surface area (Å²) >= 11 is 0. The van der Waals surface area contributed by atoms with E-state index in [4.69, 9.17) is 9.05 Å². The van der Waals surface area contributed by atoms with Crippen molar-refractivity contribution in [3.05, 3.63) is 0 Å². The molecule has 3 unspecified atom stereocenters. The summed E-state index contributed by atoms with van der Waals surface area (Å²) in [6.07, 6.45) is 40.3. The summed E-state index contributed by atoms with van der Waals surface area (Å²) in [5.74, 6) is -0.195. The molecule has 1 amide bonds. The Labute approximate surface area is 323 Å². The molecule has 0 radical (unpaired) electrons. The quantitative estimate of drug-likeness (QED) is 0.0325. The second-order valence-electron chi connectivity index (χ2n) is 16.8. The number of amides is 1. The van der Waals surface area contributed by atoms with Gasteiger partial charge in [0.25, 0.3) is 0 Å². The van der Waals surface area contributed by atoms with Crippen LogP contribution in [0.4, 0.5) is 0 Å². The number of nitrogens with zero attached hydrogens (tertiary/aromatic N) is 1. The van der Waals surface area contributed by atoms with E-state index in [1.165, 1.54) is 167 Å². The lowest BCUT2D eigenvalue weighted by molar-refractivity contribution is -0.870. The molecule has 3 atom stereocenters. The van der Waals surface area contributed by atoms with E-state index in [1.54, 1.807) is 0 Å². The van der Waals surface area contributed by atoms with E-state index in [0.717, 1.165) is 19.3 Å². The number of nitrogens with one attached hydrogen (secondary N) is 1. The molecular weight excluding hydrogens is 671 g/mol. The van der Waals surface area contributed by atoms with Crippen molar-refractivity contribution in [2.24, 2.45) is 0 Å². The Bertz CT molecular complexity index is 824. The minimum Gasteiger partial charge on any atom is -0.391 e. The summed E-state index contributed by atoms with van der Waals surface area (Å²) in [6.45, 7) is 4.56. The van der Waals surface area contributed by atoms with Gasteiger partial charge in [-0.2, -0.15) is 0 Å². The smallest absolute Gasteiger partial charge is 0.391 e. The molecule has 0 saturated carbocycles. The van der Waals surface area contributed by atoms with Crippen molar-refractivity contribution in [2.75, 3.05) is 40.9 Å². The van der Waals surface area contributed by atoms with Crippen LogP contribution in [0.2, 0.25) is 0 Å². The Morgan fingerprint density at radius 3 is 1.25 bits per heavy atom. The van der Waals surface area contributed by atoms with Gasteiger partial charge in [-0.3, -0.25) is 13.8 Å². The van der Waals surface area contributed by atoms with Crippen LogP contribution in [0.5, 0.6) is 0 Å². The lowest BCUT2D eigenvalue weighted by Crippen LogP contribution is -2.46. The number of phosphoric ester groups is 1. The molecule has 52 heavy (non-hydrogen) atoms. The minimum atomic E-state index is -4.28. The molecule has 8 nitrogen and oxygen atoms in total. The van der Waals surface area contributed by atoms with E-state index >= 15 is 0 Å². The number of likely N-dealkylation sites (N-methyl/N-ethyl adjacent to an activating group) is 1. The molecule has 0 rings (SSSR count). The normalized spacial score (nSPS) is 14.4. The maximum atomic E-state index is 12.3. The Balaban J connectivity index is 3.67. The second-order valence-corrected chi connectivity index (χ2v) is 18.2. The van der Waals surface area contributed by atoms with Gasteiger partial charge in [0.05, 0.1) is 39.9 Å². The van der Waals surface area contributed by atoms with Crippen molar-refractivity contribution in [1.29, 1.82) is 0 Å². The van der Waals surface area contributed by atoms with Crippen molar-refractivity contribution >= 4 is 13.7 Å². The van der Waals surface area contributed by atoms with Gasteiger partial charge in [0.1, 0.15) is 13.2 Å². The Hall–Kier alpha value is -0.500. The molecule has 0 aliphatic rings. The predicted molar refractivity (Wildman–Crippen MR) is 222 cm³/mol. The number of rotatable bonds is 41. The van der Waals surface area contributed by atoms with Crippen LogP contribution in [0.1, 0.15) is 219 Å². The molecule has 0 saturated heterocycles. The van der Waals surface area contributed by atoms with Gasteiger partial charge in [0.2, 0.25) is 5.91 Å². The van der Waals surface area contributed by atoms with Crippen molar-refractivity contribution in [3.8, 4) is 0 Å². The molecule has 0 aromatic rings. The number of unbranched alkanes of at least 4 members (excludes halogenated alkanes) is 28. The highest BCUT2D eigenvalue weighted by atomic mass is 31.2. The molecule has 0 aromatic heterocycles. The van der Waals surface area contributed by atoms with E-state index in [-0.39, 0.29) is 19.1 Å². The maximum absolute atomic E-state index is 12.3. The first-order valence-electron chi connectivity index (χ1n) is 22.4. The Morgan fingerprint density at radius 2 is 0.923 bits per heavy atom. The average molecular weight is 762 g/mol. The van der Waals surface area contributed by atoms with Crippen molar-refractivity contribution < 1.29 is 32.9 Å². The van der Waals surface area contributed by atoms with Crippen molar-refractivity contribution in [3.63, 3.8) is 0 Å². The molecule has 0 spiro atoms. The lowest BCUT2D eigenvalue weighted by Gasteiger charge is -2.26. The van der Waals surface area contributed by atoms with E-state index in [0.29, 0.717) is 30.3 Å². The maximum Gasteiger partial charge on any atom is 0.472 e. The third kappa shape index (κ3) is 37.8. The highest BCUT2D eigenvalue weighted by Gasteiger charge is 2.28. The third-order valence-corrected chi connectivity index (χ3v) is 11.3. The van der Waals surface area contributed by atoms with Gasteiger partial charge in [-0.15, -0.1) is 0 Å². The van der Waals surface area contributed by atoms with Crippen LogP contribution in [0, 0.1) is 0 Å². The zero-order chi connectivity index (χ0) is 38.6. The van der Waals surface area contributed by atoms with E-state index < -0.39 is 20.0 Å². The monoisotopic (exact) mass is 762 g/mol. The number of phosphoric acid groups is 1. The molecule has 0 fully saturated rings. The molecule has 9 heteroatoms. The number of hydrogen-bond donors (Lipinski definition) is 3. The number of carbonyl (C=O) groups excluding carboxylic acids is 1. The zero-order valence-electron chi connectivity index (χ0n) is 35.3. The first-order chi connectivity index (χ1) is 25.0. The molecule has 312 valence electrons. The number of quaternary nitrogens is 1. The lowest BCUT2D eigenvalue weighted by atomic mass is 10.0. The minimum absolute atomic E-state index is 0.0757. The fourth-order valence-electron chi connectivity index (χ4n) is 6.80. The number of aliphatic hydroxyl groups excluding tert-OH is 1.